The van der Waals surface area contributed by atoms with E-state index in [1.807, 2.05) is 0 Å². The maximum absolute atomic E-state index is 12.6. The zero-order valence-corrected chi connectivity index (χ0v) is 8.98. The van der Waals surface area contributed by atoms with E-state index in [2.05, 4.69) is 20.9 Å². The van der Waals surface area contributed by atoms with Gasteiger partial charge in [0.2, 0.25) is 0 Å². The van der Waals surface area contributed by atoms with Crippen LogP contribution < -0.4 is 0 Å². The largest absolute Gasteiger partial charge is 0.265 e. The molecule has 0 aliphatic rings. The van der Waals surface area contributed by atoms with E-state index >= 15 is 0 Å². The Morgan fingerprint density at radius 3 is 2.71 bits per heavy atom. The van der Waals surface area contributed by atoms with E-state index in [0.717, 1.165) is 0 Å². The van der Waals surface area contributed by atoms with E-state index in [-0.39, 0.29) is 16.5 Å². The molecule has 0 N–H and O–H groups in total. The first-order valence-electron chi connectivity index (χ1n) is 3.84. The van der Waals surface area contributed by atoms with Crippen LogP contribution in [0.4, 0.5) is 8.78 Å². The van der Waals surface area contributed by atoms with Crippen LogP contribution in [-0.2, 0) is 5.33 Å². The van der Waals surface area contributed by atoms with Crippen molar-refractivity contribution in [3.63, 3.8) is 0 Å². The molecule has 0 amide bonds. The number of nitriles is 1. The van der Waals surface area contributed by atoms with E-state index in [4.69, 9.17) is 5.26 Å². The molecule has 0 saturated carbocycles. The molecule has 1 aromatic heterocycles. The summed E-state index contributed by atoms with van der Waals surface area (Å²) >= 11 is 3.08. The van der Waals surface area contributed by atoms with Gasteiger partial charge in [-0.25, -0.2) is 8.78 Å². The van der Waals surface area contributed by atoms with Crippen molar-refractivity contribution in [3.8, 4) is 6.07 Å². The Balaban J connectivity index is 3.46. The Hall–Kier alpha value is -1.02. The molecule has 0 radical (unpaired) electrons. The molecule has 1 aromatic rings. The van der Waals surface area contributed by atoms with E-state index in [9.17, 15) is 8.78 Å². The molecule has 1 heterocycles. The Labute approximate surface area is 88.7 Å². The van der Waals surface area contributed by atoms with Crippen molar-refractivity contribution in [2.45, 2.75) is 18.7 Å². The highest BCUT2D eigenvalue weighted by atomic mass is 79.9. The van der Waals surface area contributed by atoms with Crippen LogP contribution in [-0.4, -0.2) is 4.98 Å². The minimum Gasteiger partial charge on any atom is -0.260 e. The van der Waals surface area contributed by atoms with Crippen LogP contribution in [0.25, 0.3) is 0 Å². The highest BCUT2D eigenvalue weighted by molar-refractivity contribution is 9.08. The Morgan fingerprint density at radius 2 is 2.29 bits per heavy atom. The third kappa shape index (κ3) is 1.90. The van der Waals surface area contributed by atoms with Crippen molar-refractivity contribution >= 4 is 15.9 Å². The summed E-state index contributed by atoms with van der Waals surface area (Å²) in [4.78, 5) is 3.88. The fourth-order valence-corrected chi connectivity index (χ4v) is 1.61. The molecule has 0 unspecified atom stereocenters. The van der Waals surface area contributed by atoms with Crippen LogP contribution >= 0.6 is 15.9 Å². The summed E-state index contributed by atoms with van der Waals surface area (Å²) in [6.07, 6.45) is -1.27. The lowest BCUT2D eigenvalue weighted by Gasteiger charge is -2.09. The van der Waals surface area contributed by atoms with Gasteiger partial charge >= 0.3 is 0 Å². The van der Waals surface area contributed by atoms with Crippen LogP contribution in [0.5, 0.6) is 0 Å². The zero-order chi connectivity index (χ0) is 10.7. The van der Waals surface area contributed by atoms with Gasteiger partial charge in [0.1, 0.15) is 6.07 Å². The Morgan fingerprint density at radius 1 is 1.64 bits per heavy atom. The SMILES string of the molecule is Cc1ncc(CBr)c(C(F)F)c1C#N. The minimum absolute atomic E-state index is 0.0167. The van der Waals surface area contributed by atoms with Crippen molar-refractivity contribution in [3.05, 3.63) is 28.6 Å². The number of hydrogen-bond acceptors (Lipinski definition) is 2. The van der Waals surface area contributed by atoms with Crippen molar-refractivity contribution in [1.82, 2.24) is 4.98 Å². The smallest absolute Gasteiger partial charge is 0.260 e. The molecular formula is C9H7BrF2N2. The molecule has 0 aromatic carbocycles. The Bertz CT molecular complexity index is 385. The summed E-state index contributed by atoms with van der Waals surface area (Å²) in [5, 5.41) is 9.00. The summed E-state index contributed by atoms with van der Waals surface area (Å²) in [5.74, 6) is 0. The van der Waals surface area contributed by atoms with Gasteiger partial charge in [-0.15, -0.1) is 0 Å². The third-order valence-corrected chi connectivity index (χ3v) is 2.47. The predicted molar refractivity (Wildman–Crippen MR) is 51.3 cm³/mol. The number of aryl methyl sites for hydroxylation is 1. The van der Waals surface area contributed by atoms with Crippen molar-refractivity contribution < 1.29 is 8.78 Å². The average molecular weight is 261 g/mol. The molecule has 0 bridgehead atoms. The lowest BCUT2D eigenvalue weighted by Crippen LogP contribution is -2.01. The molecule has 74 valence electrons. The van der Waals surface area contributed by atoms with Gasteiger partial charge < -0.3 is 0 Å². The van der Waals surface area contributed by atoms with E-state index in [1.54, 1.807) is 13.0 Å². The van der Waals surface area contributed by atoms with Gasteiger partial charge in [0.05, 0.1) is 11.3 Å². The van der Waals surface area contributed by atoms with Gasteiger partial charge in [0.25, 0.3) is 6.43 Å². The second-order valence-electron chi connectivity index (χ2n) is 2.70. The maximum Gasteiger partial charge on any atom is 0.265 e. The summed E-state index contributed by atoms with van der Waals surface area (Å²) in [7, 11) is 0. The van der Waals surface area contributed by atoms with E-state index < -0.39 is 6.43 Å². The fourth-order valence-electron chi connectivity index (χ4n) is 1.16. The van der Waals surface area contributed by atoms with Gasteiger partial charge in [0.15, 0.2) is 0 Å². The standard InChI is InChI=1S/C9H7BrF2N2/c1-5-7(3-13)8(9(11)12)6(2-10)4-14-5/h4,9H,2H2,1H3. The van der Waals surface area contributed by atoms with Crippen LogP contribution in [0.15, 0.2) is 6.20 Å². The van der Waals surface area contributed by atoms with Crippen LogP contribution in [0.1, 0.15) is 28.8 Å². The number of hydrogen-bond donors (Lipinski definition) is 0. The molecular weight excluding hydrogens is 254 g/mol. The van der Waals surface area contributed by atoms with E-state index in [1.165, 1.54) is 6.20 Å². The predicted octanol–water partition coefficient (Wildman–Crippen LogP) is 3.09. The fraction of sp³-hybridized carbons (Fsp3) is 0.333. The van der Waals surface area contributed by atoms with Gasteiger partial charge in [0, 0.05) is 17.1 Å². The molecule has 0 fully saturated rings. The number of halogens is 3. The van der Waals surface area contributed by atoms with Crippen LogP contribution in [0.3, 0.4) is 0 Å². The highest BCUT2D eigenvalue weighted by Crippen LogP contribution is 2.28. The number of rotatable bonds is 2. The first-order valence-corrected chi connectivity index (χ1v) is 4.96. The quantitative estimate of drug-likeness (QED) is 0.767. The molecule has 0 atom stereocenters. The van der Waals surface area contributed by atoms with Gasteiger partial charge in [-0.3, -0.25) is 4.98 Å². The number of nitrogens with zero attached hydrogens (tertiary/aromatic N) is 2. The third-order valence-electron chi connectivity index (χ3n) is 1.87. The Kier molecular flexibility index (Phi) is 3.53. The summed E-state index contributed by atoms with van der Waals surface area (Å²) in [5.41, 5.74) is 0.475. The first-order chi connectivity index (χ1) is 6.61. The van der Waals surface area contributed by atoms with Gasteiger partial charge in [-0.1, -0.05) is 15.9 Å². The van der Waals surface area contributed by atoms with Crippen molar-refractivity contribution in [2.75, 3.05) is 0 Å². The minimum atomic E-state index is -2.64. The molecule has 1 rings (SSSR count). The molecule has 0 saturated heterocycles. The second-order valence-corrected chi connectivity index (χ2v) is 3.26. The molecule has 14 heavy (non-hydrogen) atoms. The molecule has 5 heteroatoms. The molecule has 0 spiro atoms. The van der Waals surface area contributed by atoms with Crippen LogP contribution in [0, 0.1) is 18.3 Å². The molecule has 0 aliphatic heterocycles. The topological polar surface area (TPSA) is 36.7 Å². The summed E-state index contributed by atoms with van der Waals surface area (Å²) in [6, 6.07) is 1.76. The monoisotopic (exact) mass is 260 g/mol. The second kappa shape index (κ2) is 4.47. The van der Waals surface area contributed by atoms with Gasteiger partial charge in [-0.05, 0) is 12.5 Å². The summed E-state index contributed by atoms with van der Waals surface area (Å²) in [6.45, 7) is 1.54. The number of alkyl halides is 3. The molecule has 0 aliphatic carbocycles. The number of aromatic nitrogens is 1. The first kappa shape index (κ1) is 11.1. The van der Waals surface area contributed by atoms with Crippen LogP contribution in [0.2, 0.25) is 0 Å². The normalized spacial score (nSPS) is 10.3. The van der Waals surface area contributed by atoms with Crippen molar-refractivity contribution in [2.24, 2.45) is 0 Å². The average Bonchev–Trinajstić information content (AvgIpc) is 2.17. The lowest BCUT2D eigenvalue weighted by molar-refractivity contribution is 0.150. The van der Waals surface area contributed by atoms with Gasteiger partial charge in [-0.2, -0.15) is 5.26 Å². The lowest BCUT2D eigenvalue weighted by atomic mass is 10.0. The van der Waals surface area contributed by atoms with E-state index in [0.29, 0.717) is 11.3 Å². The highest BCUT2D eigenvalue weighted by Gasteiger charge is 2.19. The zero-order valence-electron chi connectivity index (χ0n) is 7.39. The van der Waals surface area contributed by atoms with Crippen molar-refractivity contribution in [1.29, 1.82) is 5.26 Å². The molecule has 2 nitrogen and oxygen atoms in total. The summed E-state index contributed by atoms with van der Waals surface area (Å²) < 4.78 is 25.3. The maximum atomic E-state index is 12.6. The number of pyridine rings is 1.